The number of amides is 2. The van der Waals surface area contributed by atoms with Crippen molar-refractivity contribution in [2.24, 2.45) is 0 Å². The molecular weight excluding hydrogens is 372 g/mol. The van der Waals surface area contributed by atoms with Gasteiger partial charge >= 0.3 is 5.97 Å². The predicted octanol–water partition coefficient (Wildman–Crippen LogP) is 2.64. The van der Waals surface area contributed by atoms with E-state index < -0.39 is 5.97 Å². The highest BCUT2D eigenvalue weighted by Gasteiger charge is 2.26. The number of rotatable bonds is 7. The molecule has 1 saturated heterocycles. The minimum Gasteiger partial charge on any atom is -0.496 e. The van der Waals surface area contributed by atoms with Gasteiger partial charge in [-0.2, -0.15) is 0 Å². The highest BCUT2D eigenvalue weighted by molar-refractivity contribution is 6.03. The van der Waals surface area contributed by atoms with Gasteiger partial charge in [-0.25, -0.2) is 4.79 Å². The highest BCUT2D eigenvalue weighted by Crippen LogP contribution is 2.26. The zero-order valence-electron chi connectivity index (χ0n) is 16.6. The molecule has 1 aliphatic rings. The van der Waals surface area contributed by atoms with Gasteiger partial charge in [0.2, 0.25) is 5.91 Å². The van der Waals surface area contributed by atoms with Gasteiger partial charge in [0.1, 0.15) is 5.75 Å². The molecule has 0 N–H and O–H groups in total. The first-order chi connectivity index (χ1) is 14.0. The standard InChI is InChI=1S/C22H24N2O5/c1-23(14-16-8-3-6-11-19(16)28-2)21(26)15-29-22(27)17-9-4-5-10-18(17)24-13-7-12-20(24)25/h3-6,8-11H,7,12-15H2,1-2H3. The largest absolute Gasteiger partial charge is 0.496 e. The molecule has 0 atom stereocenters. The van der Waals surface area contributed by atoms with Crippen LogP contribution in [0.1, 0.15) is 28.8 Å². The molecule has 1 fully saturated rings. The summed E-state index contributed by atoms with van der Waals surface area (Å²) in [6.45, 7) is 0.524. The number of likely N-dealkylation sites (N-methyl/N-ethyl adjacent to an activating group) is 1. The Morgan fingerprint density at radius 1 is 1.10 bits per heavy atom. The van der Waals surface area contributed by atoms with Gasteiger partial charge in [-0.3, -0.25) is 9.59 Å². The fourth-order valence-electron chi connectivity index (χ4n) is 3.28. The number of hydrogen-bond acceptors (Lipinski definition) is 5. The molecule has 0 radical (unpaired) electrons. The number of esters is 1. The average molecular weight is 396 g/mol. The van der Waals surface area contributed by atoms with E-state index in [1.165, 1.54) is 4.90 Å². The number of hydrogen-bond donors (Lipinski definition) is 0. The number of anilines is 1. The Morgan fingerprint density at radius 2 is 1.83 bits per heavy atom. The van der Waals surface area contributed by atoms with Crippen molar-refractivity contribution in [1.82, 2.24) is 4.90 Å². The fourth-order valence-corrected chi connectivity index (χ4v) is 3.28. The first kappa shape index (κ1) is 20.4. The van der Waals surface area contributed by atoms with E-state index in [1.54, 1.807) is 43.3 Å². The highest BCUT2D eigenvalue weighted by atomic mass is 16.5. The van der Waals surface area contributed by atoms with Crippen LogP contribution in [0.15, 0.2) is 48.5 Å². The maximum atomic E-state index is 12.6. The van der Waals surface area contributed by atoms with E-state index in [4.69, 9.17) is 9.47 Å². The molecule has 7 nitrogen and oxygen atoms in total. The second-order valence-electron chi connectivity index (χ2n) is 6.80. The van der Waals surface area contributed by atoms with E-state index in [2.05, 4.69) is 0 Å². The van der Waals surface area contributed by atoms with Gasteiger partial charge in [0.15, 0.2) is 6.61 Å². The third kappa shape index (κ3) is 4.74. The van der Waals surface area contributed by atoms with E-state index in [9.17, 15) is 14.4 Å². The summed E-state index contributed by atoms with van der Waals surface area (Å²) in [5.41, 5.74) is 1.66. The zero-order valence-corrected chi connectivity index (χ0v) is 16.6. The molecule has 0 saturated carbocycles. The molecule has 152 valence electrons. The van der Waals surface area contributed by atoms with Gasteiger partial charge in [-0.1, -0.05) is 30.3 Å². The Labute approximate surface area is 169 Å². The van der Waals surface area contributed by atoms with Crippen molar-refractivity contribution < 1.29 is 23.9 Å². The zero-order chi connectivity index (χ0) is 20.8. The lowest BCUT2D eigenvalue weighted by Gasteiger charge is -2.20. The minimum absolute atomic E-state index is 0.0159. The van der Waals surface area contributed by atoms with Gasteiger partial charge in [-0.15, -0.1) is 0 Å². The van der Waals surface area contributed by atoms with E-state index in [0.717, 1.165) is 12.0 Å². The summed E-state index contributed by atoms with van der Waals surface area (Å²) in [5.74, 6) is -0.287. The third-order valence-electron chi connectivity index (χ3n) is 4.84. The Hall–Kier alpha value is -3.35. The van der Waals surface area contributed by atoms with Crippen molar-refractivity contribution in [2.75, 3.05) is 32.2 Å². The average Bonchev–Trinajstić information content (AvgIpc) is 3.17. The number of carbonyl (C=O) groups excluding carboxylic acids is 3. The van der Waals surface area contributed by atoms with Crippen LogP contribution in [0, 0.1) is 0 Å². The van der Waals surface area contributed by atoms with E-state index in [0.29, 0.717) is 30.9 Å². The van der Waals surface area contributed by atoms with Gasteiger partial charge in [0.05, 0.1) is 18.4 Å². The van der Waals surface area contributed by atoms with Crippen LogP contribution in [0.3, 0.4) is 0 Å². The van der Waals surface area contributed by atoms with Crippen molar-refractivity contribution >= 4 is 23.5 Å². The van der Waals surface area contributed by atoms with Crippen molar-refractivity contribution in [3.05, 3.63) is 59.7 Å². The number of nitrogens with zero attached hydrogens (tertiary/aromatic N) is 2. The number of carbonyl (C=O) groups is 3. The van der Waals surface area contributed by atoms with Crippen LogP contribution in [0.25, 0.3) is 0 Å². The summed E-state index contributed by atoms with van der Waals surface area (Å²) in [5, 5.41) is 0. The van der Waals surface area contributed by atoms with Gasteiger partial charge in [-0.05, 0) is 24.6 Å². The molecule has 1 aliphatic heterocycles. The molecule has 0 unspecified atom stereocenters. The molecule has 0 aliphatic carbocycles. The quantitative estimate of drug-likeness (QED) is 0.673. The van der Waals surface area contributed by atoms with Crippen LogP contribution in [-0.4, -0.2) is 50.0 Å². The van der Waals surface area contributed by atoms with Crippen molar-refractivity contribution in [3.63, 3.8) is 0 Å². The second kappa shape index (κ2) is 9.23. The van der Waals surface area contributed by atoms with Crippen LogP contribution in [-0.2, 0) is 20.9 Å². The summed E-state index contributed by atoms with van der Waals surface area (Å²) in [4.78, 5) is 40.1. The lowest BCUT2D eigenvalue weighted by atomic mass is 10.1. The molecule has 2 amide bonds. The molecule has 29 heavy (non-hydrogen) atoms. The normalized spacial score (nSPS) is 13.3. The maximum absolute atomic E-state index is 12.6. The minimum atomic E-state index is -0.626. The lowest BCUT2D eigenvalue weighted by Crippen LogP contribution is -2.31. The topological polar surface area (TPSA) is 76.2 Å². The molecule has 1 heterocycles. The van der Waals surface area contributed by atoms with Crippen LogP contribution in [0.4, 0.5) is 5.69 Å². The Morgan fingerprint density at radius 3 is 2.55 bits per heavy atom. The van der Waals surface area contributed by atoms with E-state index in [1.807, 2.05) is 24.3 Å². The molecule has 0 spiro atoms. The van der Waals surface area contributed by atoms with Gasteiger partial charge < -0.3 is 19.3 Å². The van der Waals surface area contributed by atoms with E-state index >= 15 is 0 Å². The summed E-state index contributed by atoms with van der Waals surface area (Å²) in [7, 11) is 3.21. The van der Waals surface area contributed by atoms with Crippen LogP contribution >= 0.6 is 0 Å². The summed E-state index contributed by atoms with van der Waals surface area (Å²) >= 11 is 0. The summed E-state index contributed by atoms with van der Waals surface area (Å²) < 4.78 is 10.5. The monoisotopic (exact) mass is 396 g/mol. The Bertz CT molecular complexity index is 912. The first-order valence-corrected chi connectivity index (χ1v) is 9.43. The van der Waals surface area contributed by atoms with Crippen molar-refractivity contribution in [1.29, 1.82) is 0 Å². The second-order valence-corrected chi connectivity index (χ2v) is 6.80. The van der Waals surface area contributed by atoms with Crippen molar-refractivity contribution in [2.45, 2.75) is 19.4 Å². The molecule has 7 heteroatoms. The molecular formula is C22H24N2O5. The van der Waals surface area contributed by atoms with Crippen molar-refractivity contribution in [3.8, 4) is 5.75 Å². The molecule has 3 rings (SSSR count). The number of ether oxygens (including phenoxy) is 2. The Kier molecular flexibility index (Phi) is 6.49. The van der Waals surface area contributed by atoms with Gasteiger partial charge in [0.25, 0.3) is 5.91 Å². The molecule has 0 aromatic heterocycles. The molecule has 2 aromatic rings. The summed E-state index contributed by atoms with van der Waals surface area (Å²) in [6, 6.07) is 14.2. The smallest absolute Gasteiger partial charge is 0.340 e. The number of para-hydroxylation sites is 2. The fraction of sp³-hybridized carbons (Fsp3) is 0.318. The van der Waals surface area contributed by atoms with Crippen LogP contribution in [0.5, 0.6) is 5.75 Å². The molecule has 0 bridgehead atoms. The molecule has 2 aromatic carbocycles. The summed E-state index contributed by atoms with van der Waals surface area (Å²) in [6.07, 6.45) is 1.23. The van der Waals surface area contributed by atoms with Crippen LogP contribution in [0.2, 0.25) is 0 Å². The Balaban J connectivity index is 1.62. The van der Waals surface area contributed by atoms with Gasteiger partial charge in [0, 0.05) is 32.1 Å². The maximum Gasteiger partial charge on any atom is 0.340 e. The first-order valence-electron chi connectivity index (χ1n) is 9.43. The lowest BCUT2D eigenvalue weighted by molar-refractivity contribution is -0.133. The SMILES string of the molecule is COc1ccccc1CN(C)C(=O)COC(=O)c1ccccc1N1CCCC1=O. The number of methoxy groups -OCH3 is 1. The predicted molar refractivity (Wildman–Crippen MR) is 108 cm³/mol. The van der Waals surface area contributed by atoms with E-state index in [-0.39, 0.29) is 24.0 Å². The number of benzene rings is 2. The third-order valence-corrected chi connectivity index (χ3v) is 4.84. The van der Waals surface area contributed by atoms with Crippen LogP contribution < -0.4 is 9.64 Å².